The number of methoxy groups -OCH3 is 1. The monoisotopic (exact) mass is 552 g/mol. The van der Waals surface area contributed by atoms with Crippen LogP contribution >= 0.6 is 11.6 Å². The van der Waals surface area contributed by atoms with E-state index in [4.69, 9.17) is 21.1 Å². The molecule has 38 heavy (non-hydrogen) atoms. The number of rotatable bonds is 10. The van der Waals surface area contributed by atoms with Gasteiger partial charge in [0.2, 0.25) is 0 Å². The molecule has 4 rings (SSSR count). The maximum Gasteiger partial charge on any atom is 0.573 e. The molecular weight excluding hydrogens is 529 g/mol. The fourth-order valence-corrected chi connectivity index (χ4v) is 4.05. The summed E-state index contributed by atoms with van der Waals surface area (Å²) in [5.74, 6) is -0.394. The maximum absolute atomic E-state index is 13.5. The number of ether oxygens (including phenoxy) is 3. The minimum absolute atomic E-state index is 0.0128. The Morgan fingerprint density at radius 1 is 1.03 bits per heavy atom. The number of hydrogen-bond acceptors (Lipinski definition) is 6. The molecule has 0 spiro atoms. The lowest BCUT2D eigenvalue weighted by Gasteiger charge is -2.12. The highest BCUT2D eigenvalue weighted by Gasteiger charge is 2.31. The summed E-state index contributed by atoms with van der Waals surface area (Å²) in [6.07, 6.45) is -4.39. The predicted molar refractivity (Wildman–Crippen MR) is 134 cm³/mol. The Hall–Kier alpha value is -3.77. The van der Waals surface area contributed by atoms with Gasteiger partial charge in [-0.2, -0.15) is 4.98 Å². The molecular formula is C25H24ClF3N4O5. The van der Waals surface area contributed by atoms with Crippen molar-refractivity contribution in [3.05, 3.63) is 85.5 Å². The quantitative estimate of drug-likeness (QED) is 0.275. The number of benzene rings is 2. The van der Waals surface area contributed by atoms with Gasteiger partial charge >= 0.3 is 12.1 Å². The fraction of sp³-hybridized carbons (Fsp3) is 0.320. The third-order valence-corrected chi connectivity index (χ3v) is 5.93. The lowest BCUT2D eigenvalue weighted by atomic mass is 10.2. The molecule has 0 amide bonds. The van der Waals surface area contributed by atoms with E-state index in [1.54, 1.807) is 30.3 Å². The van der Waals surface area contributed by atoms with Gasteiger partial charge in [-0.25, -0.2) is 4.79 Å². The summed E-state index contributed by atoms with van der Waals surface area (Å²) in [7, 11) is 3.03. The zero-order chi connectivity index (χ0) is 27.4. The van der Waals surface area contributed by atoms with Gasteiger partial charge in [-0.15, -0.1) is 13.2 Å². The lowest BCUT2D eigenvalue weighted by molar-refractivity contribution is -0.274. The van der Waals surface area contributed by atoms with Crippen LogP contribution in [-0.4, -0.2) is 38.8 Å². The van der Waals surface area contributed by atoms with E-state index in [1.807, 2.05) is 0 Å². The molecule has 0 radical (unpaired) electrons. The van der Waals surface area contributed by atoms with Crippen LogP contribution in [0.15, 0.2) is 58.1 Å². The average Bonchev–Trinajstić information content (AvgIpc) is 3.22. The highest BCUT2D eigenvalue weighted by molar-refractivity contribution is 6.30. The molecule has 2 aromatic carbocycles. The van der Waals surface area contributed by atoms with E-state index in [2.05, 4.69) is 9.72 Å². The van der Waals surface area contributed by atoms with E-state index in [-0.39, 0.29) is 36.9 Å². The summed E-state index contributed by atoms with van der Waals surface area (Å²) in [4.78, 5) is 30.8. The standard InChI is InChI=1S/C25H24ClF3N4O5/c1-31-21-20(22(34)32(24(31)35)11-4-12-36-2)33(14-16-7-9-18(26)10-8-16)23(30-21)37-15-17-5-3-6-19(13-17)38-25(27,28)29/h3,5-10,13H,4,11-12,14-15H2,1-2H3. The first-order chi connectivity index (χ1) is 18.1. The molecule has 0 N–H and O–H groups in total. The van der Waals surface area contributed by atoms with Crippen LogP contribution in [-0.2, 0) is 31.5 Å². The number of aryl methyl sites for hydroxylation is 1. The molecule has 202 valence electrons. The van der Waals surface area contributed by atoms with Crippen LogP contribution in [0.4, 0.5) is 13.2 Å². The van der Waals surface area contributed by atoms with Gasteiger partial charge in [-0.1, -0.05) is 35.9 Å². The van der Waals surface area contributed by atoms with E-state index >= 15 is 0 Å². The average molecular weight is 553 g/mol. The van der Waals surface area contributed by atoms with E-state index in [9.17, 15) is 22.8 Å². The first-order valence-electron chi connectivity index (χ1n) is 11.5. The topological polar surface area (TPSA) is 89.5 Å². The van der Waals surface area contributed by atoms with Crippen molar-refractivity contribution in [2.75, 3.05) is 13.7 Å². The van der Waals surface area contributed by atoms with Crippen LogP contribution in [0.25, 0.3) is 11.2 Å². The molecule has 2 heterocycles. The molecule has 0 atom stereocenters. The molecule has 2 aromatic heterocycles. The van der Waals surface area contributed by atoms with Crippen LogP contribution in [0, 0.1) is 0 Å². The molecule has 0 saturated heterocycles. The van der Waals surface area contributed by atoms with E-state index in [1.165, 1.54) is 41.5 Å². The molecule has 9 nitrogen and oxygen atoms in total. The van der Waals surface area contributed by atoms with Crippen LogP contribution in [0.2, 0.25) is 5.02 Å². The van der Waals surface area contributed by atoms with Crippen LogP contribution in [0.1, 0.15) is 17.5 Å². The Kier molecular flexibility index (Phi) is 8.12. The van der Waals surface area contributed by atoms with E-state index in [0.29, 0.717) is 23.6 Å². The molecule has 0 unspecified atom stereocenters. The maximum atomic E-state index is 13.5. The van der Waals surface area contributed by atoms with Gasteiger partial charge in [-0.3, -0.25) is 18.5 Å². The van der Waals surface area contributed by atoms with Crippen molar-refractivity contribution < 1.29 is 27.4 Å². The summed E-state index contributed by atoms with van der Waals surface area (Å²) >= 11 is 6.01. The third-order valence-electron chi connectivity index (χ3n) is 5.68. The van der Waals surface area contributed by atoms with Gasteiger partial charge in [0.05, 0.1) is 6.54 Å². The smallest absolute Gasteiger partial charge is 0.460 e. The Bertz CT molecular complexity index is 1540. The second kappa shape index (κ2) is 11.3. The van der Waals surface area contributed by atoms with Crippen molar-refractivity contribution in [3.63, 3.8) is 0 Å². The molecule has 0 bridgehead atoms. The van der Waals surface area contributed by atoms with Crippen molar-refractivity contribution >= 4 is 22.8 Å². The Morgan fingerprint density at radius 2 is 1.76 bits per heavy atom. The number of aromatic nitrogens is 4. The minimum Gasteiger partial charge on any atom is -0.460 e. The molecule has 0 aliphatic rings. The summed E-state index contributed by atoms with van der Waals surface area (Å²) in [5, 5.41) is 0.532. The number of nitrogens with zero attached hydrogens (tertiary/aromatic N) is 4. The third kappa shape index (κ3) is 6.20. The number of halogens is 4. The molecule has 13 heteroatoms. The van der Waals surface area contributed by atoms with Crippen molar-refractivity contribution in [3.8, 4) is 11.8 Å². The summed E-state index contributed by atoms with van der Waals surface area (Å²) in [5.41, 5.74) is 0.320. The lowest BCUT2D eigenvalue weighted by Crippen LogP contribution is -2.40. The van der Waals surface area contributed by atoms with Crippen LogP contribution in [0.5, 0.6) is 11.8 Å². The summed E-state index contributed by atoms with van der Waals surface area (Å²) < 4.78 is 56.7. The second-order valence-corrected chi connectivity index (χ2v) is 8.84. The van der Waals surface area contributed by atoms with Crippen LogP contribution in [0.3, 0.4) is 0 Å². The number of hydrogen-bond donors (Lipinski definition) is 0. The molecule has 0 fully saturated rings. The SMILES string of the molecule is COCCCn1c(=O)c2c(nc(OCc3cccc(OC(F)(F)F)c3)n2Cc2ccc(Cl)cc2)n(C)c1=O. The van der Waals surface area contributed by atoms with E-state index in [0.717, 1.165) is 10.1 Å². The highest BCUT2D eigenvalue weighted by Crippen LogP contribution is 2.25. The van der Waals surface area contributed by atoms with Gasteiger partial charge in [0.15, 0.2) is 11.2 Å². The Labute approximate surface area is 219 Å². The zero-order valence-electron chi connectivity index (χ0n) is 20.5. The number of alkyl halides is 3. The predicted octanol–water partition coefficient (Wildman–Crippen LogP) is 4.11. The Morgan fingerprint density at radius 3 is 2.45 bits per heavy atom. The van der Waals surface area contributed by atoms with Crippen molar-refractivity contribution in [1.29, 1.82) is 0 Å². The zero-order valence-corrected chi connectivity index (χ0v) is 21.3. The fourth-order valence-electron chi connectivity index (χ4n) is 3.93. The summed E-state index contributed by atoms with van der Waals surface area (Å²) in [6, 6.07) is 12.3. The van der Waals surface area contributed by atoms with E-state index < -0.39 is 23.4 Å². The van der Waals surface area contributed by atoms with Gasteiger partial charge in [-0.05, 0) is 41.8 Å². The molecule has 0 aliphatic heterocycles. The minimum atomic E-state index is -4.83. The van der Waals surface area contributed by atoms with Gasteiger partial charge in [0.25, 0.3) is 11.6 Å². The van der Waals surface area contributed by atoms with Gasteiger partial charge in [0, 0.05) is 32.3 Å². The summed E-state index contributed by atoms with van der Waals surface area (Å²) in [6.45, 7) is 0.494. The molecule has 0 saturated carbocycles. The number of imidazole rings is 1. The van der Waals surface area contributed by atoms with Crippen molar-refractivity contribution in [2.24, 2.45) is 7.05 Å². The van der Waals surface area contributed by atoms with Gasteiger partial charge in [0.1, 0.15) is 12.4 Å². The first kappa shape index (κ1) is 27.3. The highest BCUT2D eigenvalue weighted by atomic mass is 35.5. The van der Waals surface area contributed by atoms with Gasteiger partial charge < -0.3 is 14.2 Å². The van der Waals surface area contributed by atoms with Crippen molar-refractivity contribution in [2.45, 2.75) is 32.5 Å². The molecule has 4 aromatic rings. The largest absolute Gasteiger partial charge is 0.573 e. The van der Waals surface area contributed by atoms with Crippen LogP contribution < -0.4 is 20.7 Å². The normalized spacial score (nSPS) is 11.7. The van der Waals surface area contributed by atoms with Crippen molar-refractivity contribution in [1.82, 2.24) is 18.7 Å². The second-order valence-electron chi connectivity index (χ2n) is 8.41. The number of fused-ring (bicyclic) bond motifs is 1. The Balaban J connectivity index is 1.76. The first-order valence-corrected chi connectivity index (χ1v) is 11.9. The molecule has 0 aliphatic carbocycles.